The van der Waals surface area contributed by atoms with Crippen LogP contribution in [0.25, 0.3) is 6.08 Å². The molecule has 0 aromatic heterocycles. The summed E-state index contributed by atoms with van der Waals surface area (Å²) in [6.45, 7) is 1.93. The van der Waals surface area contributed by atoms with Crippen LogP contribution in [-0.2, 0) is 0 Å². The van der Waals surface area contributed by atoms with E-state index in [-0.39, 0.29) is 0 Å². The molecule has 0 unspecified atom stereocenters. The molecule has 2 nitrogen and oxygen atoms in total. The summed E-state index contributed by atoms with van der Waals surface area (Å²) >= 11 is 5.74. The molecule has 1 aromatic carbocycles. The van der Waals surface area contributed by atoms with Gasteiger partial charge in [-0.1, -0.05) is 17.7 Å². The Kier molecular flexibility index (Phi) is 3.00. The van der Waals surface area contributed by atoms with Crippen LogP contribution in [0.4, 0.5) is 0 Å². The Balaban J connectivity index is 3.01. The number of nitroso groups, excluding NO2 is 1. The van der Waals surface area contributed by atoms with Crippen molar-refractivity contribution in [1.82, 2.24) is 0 Å². The van der Waals surface area contributed by atoms with Crippen molar-refractivity contribution >= 4 is 17.7 Å². The van der Waals surface area contributed by atoms with E-state index in [2.05, 4.69) is 5.18 Å². The SMILES string of the molecule is Cc1cc(Cl)ccc1/C=C/N=O. The van der Waals surface area contributed by atoms with Crippen LogP contribution in [0.5, 0.6) is 0 Å². The van der Waals surface area contributed by atoms with Crippen molar-refractivity contribution < 1.29 is 0 Å². The van der Waals surface area contributed by atoms with Crippen LogP contribution in [-0.4, -0.2) is 0 Å². The molecule has 0 bridgehead atoms. The molecule has 0 heterocycles. The summed E-state index contributed by atoms with van der Waals surface area (Å²) in [5.74, 6) is 0. The van der Waals surface area contributed by atoms with Crippen LogP contribution < -0.4 is 0 Å². The Morgan fingerprint density at radius 2 is 2.25 bits per heavy atom. The first kappa shape index (κ1) is 8.94. The molecule has 3 heteroatoms. The standard InChI is InChI=1S/C9H8ClNO/c1-7-6-9(10)3-2-8(7)4-5-11-12/h2-6H,1H3/b5-4+. The van der Waals surface area contributed by atoms with Crippen LogP contribution in [0.3, 0.4) is 0 Å². The highest BCUT2D eigenvalue weighted by molar-refractivity contribution is 6.30. The molecule has 0 fully saturated rings. The largest absolute Gasteiger partial charge is 0.145 e. The maximum atomic E-state index is 9.79. The number of hydrogen-bond donors (Lipinski definition) is 0. The maximum Gasteiger partial charge on any atom is 0.0720 e. The number of nitrogens with zero attached hydrogens (tertiary/aromatic N) is 1. The quantitative estimate of drug-likeness (QED) is 0.643. The minimum absolute atomic E-state index is 0.698. The van der Waals surface area contributed by atoms with Crippen LogP contribution in [0.15, 0.2) is 29.6 Å². The van der Waals surface area contributed by atoms with Gasteiger partial charge in [-0.2, -0.15) is 0 Å². The van der Waals surface area contributed by atoms with E-state index < -0.39 is 0 Å². The van der Waals surface area contributed by atoms with Gasteiger partial charge in [-0.15, -0.1) is 4.91 Å². The molecule has 0 atom stereocenters. The maximum absolute atomic E-state index is 9.79. The fraction of sp³-hybridized carbons (Fsp3) is 0.111. The smallest absolute Gasteiger partial charge is 0.0720 e. The van der Waals surface area contributed by atoms with Gasteiger partial charge in [0.15, 0.2) is 0 Å². The summed E-state index contributed by atoms with van der Waals surface area (Å²) in [5.41, 5.74) is 1.99. The molecule has 0 aliphatic rings. The van der Waals surface area contributed by atoms with Gasteiger partial charge in [-0.05, 0) is 41.4 Å². The van der Waals surface area contributed by atoms with Crippen molar-refractivity contribution in [2.75, 3.05) is 0 Å². The molecular weight excluding hydrogens is 174 g/mol. The van der Waals surface area contributed by atoms with Crippen LogP contribution in [0, 0.1) is 11.8 Å². The fourth-order valence-corrected chi connectivity index (χ4v) is 1.16. The van der Waals surface area contributed by atoms with Crippen LogP contribution in [0.2, 0.25) is 5.02 Å². The molecule has 0 saturated carbocycles. The van der Waals surface area contributed by atoms with E-state index in [1.807, 2.05) is 19.1 Å². The summed E-state index contributed by atoms with van der Waals surface area (Å²) < 4.78 is 0. The van der Waals surface area contributed by atoms with Gasteiger partial charge in [-0.25, -0.2) is 0 Å². The molecule has 0 amide bonds. The predicted molar refractivity (Wildman–Crippen MR) is 51.0 cm³/mol. The Bertz CT molecular complexity index is 320. The predicted octanol–water partition coefficient (Wildman–Crippen LogP) is 3.39. The number of aryl methyl sites for hydroxylation is 1. The molecule has 12 heavy (non-hydrogen) atoms. The summed E-state index contributed by atoms with van der Waals surface area (Å²) in [7, 11) is 0. The third-order valence-electron chi connectivity index (χ3n) is 1.55. The van der Waals surface area contributed by atoms with E-state index in [9.17, 15) is 4.91 Å². The second kappa shape index (κ2) is 4.02. The molecule has 1 rings (SSSR count). The molecule has 0 saturated heterocycles. The molecule has 0 spiro atoms. The summed E-state index contributed by atoms with van der Waals surface area (Å²) in [6, 6.07) is 5.46. The molecular formula is C9H8ClNO. The van der Waals surface area contributed by atoms with Crippen LogP contribution in [0.1, 0.15) is 11.1 Å². The van der Waals surface area contributed by atoms with E-state index in [1.165, 1.54) is 6.20 Å². The first-order valence-corrected chi connectivity index (χ1v) is 3.87. The lowest BCUT2D eigenvalue weighted by atomic mass is 10.1. The summed E-state index contributed by atoms with van der Waals surface area (Å²) in [4.78, 5) is 9.79. The van der Waals surface area contributed by atoms with Crippen LogP contribution >= 0.6 is 11.6 Å². The zero-order chi connectivity index (χ0) is 8.97. The van der Waals surface area contributed by atoms with Gasteiger partial charge in [-0.3, -0.25) is 0 Å². The average molecular weight is 182 g/mol. The Morgan fingerprint density at radius 1 is 1.50 bits per heavy atom. The lowest BCUT2D eigenvalue weighted by molar-refractivity contribution is 1.43. The van der Waals surface area contributed by atoms with Crippen molar-refractivity contribution in [1.29, 1.82) is 0 Å². The van der Waals surface area contributed by atoms with Crippen molar-refractivity contribution in [2.24, 2.45) is 5.18 Å². The third-order valence-corrected chi connectivity index (χ3v) is 1.78. The van der Waals surface area contributed by atoms with E-state index in [4.69, 9.17) is 11.6 Å². The summed E-state index contributed by atoms with van der Waals surface area (Å²) in [5, 5.41) is 3.33. The molecule has 0 aliphatic heterocycles. The lowest BCUT2D eigenvalue weighted by Crippen LogP contribution is -1.78. The first-order valence-electron chi connectivity index (χ1n) is 3.49. The topological polar surface area (TPSA) is 29.4 Å². The van der Waals surface area contributed by atoms with Crippen molar-refractivity contribution in [3.05, 3.63) is 45.5 Å². The van der Waals surface area contributed by atoms with Gasteiger partial charge >= 0.3 is 0 Å². The second-order valence-electron chi connectivity index (χ2n) is 2.42. The first-order chi connectivity index (χ1) is 5.74. The van der Waals surface area contributed by atoms with Crippen molar-refractivity contribution in [3.8, 4) is 0 Å². The van der Waals surface area contributed by atoms with Gasteiger partial charge in [0.1, 0.15) is 0 Å². The molecule has 1 aromatic rings. The minimum atomic E-state index is 0.698. The van der Waals surface area contributed by atoms with Gasteiger partial charge < -0.3 is 0 Å². The highest BCUT2D eigenvalue weighted by atomic mass is 35.5. The normalized spacial score (nSPS) is 10.5. The zero-order valence-electron chi connectivity index (χ0n) is 6.62. The van der Waals surface area contributed by atoms with Crippen molar-refractivity contribution in [2.45, 2.75) is 6.92 Å². The van der Waals surface area contributed by atoms with E-state index >= 15 is 0 Å². The molecule has 0 aliphatic carbocycles. The molecule has 0 N–H and O–H groups in total. The number of benzene rings is 1. The van der Waals surface area contributed by atoms with E-state index in [1.54, 1.807) is 12.1 Å². The summed E-state index contributed by atoms with van der Waals surface area (Å²) in [6.07, 6.45) is 2.87. The Hall–Kier alpha value is -1.15. The minimum Gasteiger partial charge on any atom is -0.145 e. The Morgan fingerprint density at radius 3 is 2.83 bits per heavy atom. The Labute approximate surface area is 75.8 Å². The molecule has 0 radical (unpaired) electrons. The van der Waals surface area contributed by atoms with E-state index in [0.29, 0.717) is 5.02 Å². The van der Waals surface area contributed by atoms with Crippen molar-refractivity contribution in [3.63, 3.8) is 0 Å². The van der Waals surface area contributed by atoms with E-state index in [0.717, 1.165) is 11.1 Å². The average Bonchev–Trinajstić information content (AvgIpc) is 2.03. The highest BCUT2D eigenvalue weighted by Gasteiger charge is 1.94. The zero-order valence-corrected chi connectivity index (χ0v) is 7.38. The molecule has 62 valence electrons. The fourth-order valence-electron chi connectivity index (χ4n) is 0.937. The van der Waals surface area contributed by atoms with Gasteiger partial charge in [0.2, 0.25) is 0 Å². The van der Waals surface area contributed by atoms with Gasteiger partial charge in [0.05, 0.1) is 6.20 Å². The van der Waals surface area contributed by atoms with Gasteiger partial charge in [0, 0.05) is 5.02 Å². The number of rotatable bonds is 2. The monoisotopic (exact) mass is 181 g/mol. The third kappa shape index (κ3) is 2.17. The number of hydrogen-bond acceptors (Lipinski definition) is 2. The van der Waals surface area contributed by atoms with Gasteiger partial charge in [0.25, 0.3) is 0 Å². The number of halogens is 1. The highest BCUT2D eigenvalue weighted by Crippen LogP contribution is 2.16. The lowest BCUT2D eigenvalue weighted by Gasteiger charge is -1.98. The second-order valence-corrected chi connectivity index (χ2v) is 2.86.